The van der Waals surface area contributed by atoms with E-state index in [-0.39, 0.29) is 29.7 Å². The van der Waals surface area contributed by atoms with Gasteiger partial charge in [-0.05, 0) is 32.4 Å². The summed E-state index contributed by atoms with van der Waals surface area (Å²) in [5.74, 6) is 0.164. The molecule has 0 radical (unpaired) electrons. The van der Waals surface area contributed by atoms with Crippen LogP contribution >= 0.6 is 0 Å². The first-order valence-electron chi connectivity index (χ1n) is 8.76. The Hall–Kier alpha value is -2.45. The van der Waals surface area contributed by atoms with E-state index in [0.717, 1.165) is 11.1 Å². The standard InChI is InChI=1S/C19H23N3O4S/c1-14-4-6-17(7-5-14)8-9-18(23)21-10-12-22(13-11-21)27(24,25)19-15(2)20-26-16(19)3/h4-9H,10-13H2,1-3H3/b9-8+. The van der Waals surface area contributed by atoms with Crippen LogP contribution < -0.4 is 0 Å². The van der Waals surface area contributed by atoms with Crippen LogP contribution in [0.25, 0.3) is 6.08 Å². The summed E-state index contributed by atoms with van der Waals surface area (Å²) in [6.45, 7) is 6.39. The fourth-order valence-corrected chi connectivity index (χ4v) is 4.78. The smallest absolute Gasteiger partial charge is 0.248 e. The largest absolute Gasteiger partial charge is 0.360 e. The third kappa shape index (κ3) is 4.12. The predicted octanol–water partition coefficient (Wildman–Crippen LogP) is 2.15. The molecule has 0 spiro atoms. The molecule has 1 aromatic heterocycles. The average Bonchev–Trinajstić information content (AvgIpc) is 3.00. The summed E-state index contributed by atoms with van der Waals surface area (Å²) in [6.07, 6.45) is 3.30. The second-order valence-corrected chi connectivity index (χ2v) is 8.50. The Bertz CT molecular complexity index is 934. The number of hydrogen-bond acceptors (Lipinski definition) is 5. The number of rotatable bonds is 4. The summed E-state index contributed by atoms with van der Waals surface area (Å²) in [5.41, 5.74) is 2.47. The highest BCUT2D eigenvalue weighted by molar-refractivity contribution is 7.89. The molecule has 2 aromatic rings. The Morgan fingerprint density at radius 2 is 1.70 bits per heavy atom. The number of aromatic nitrogens is 1. The minimum Gasteiger partial charge on any atom is -0.360 e. The number of aryl methyl sites for hydroxylation is 3. The molecule has 3 rings (SSSR count). The lowest BCUT2D eigenvalue weighted by atomic mass is 10.1. The fraction of sp³-hybridized carbons (Fsp3) is 0.368. The van der Waals surface area contributed by atoms with Crippen LogP contribution in [-0.4, -0.2) is 54.9 Å². The Balaban J connectivity index is 1.63. The van der Waals surface area contributed by atoms with Crippen LogP contribution in [0.1, 0.15) is 22.6 Å². The van der Waals surface area contributed by atoms with Crippen LogP contribution in [0.2, 0.25) is 0 Å². The molecule has 27 heavy (non-hydrogen) atoms. The van der Waals surface area contributed by atoms with Gasteiger partial charge in [-0.25, -0.2) is 8.42 Å². The molecule has 1 aliphatic heterocycles. The summed E-state index contributed by atoms with van der Waals surface area (Å²) in [6, 6.07) is 7.88. The van der Waals surface area contributed by atoms with E-state index in [0.29, 0.717) is 18.8 Å². The van der Waals surface area contributed by atoms with Gasteiger partial charge in [0.1, 0.15) is 10.6 Å². The number of carbonyl (C=O) groups excluding carboxylic acids is 1. The summed E-state index contributed by atoms with van der Waals surface area (Å²) in [4.78, 5) is 14.2. The Kier molecular flexibility index (Phi) is 5.48. The highest BCUT2D eigenvalue weighted by Crippen LogP contribution is 2.24. The van der Waals surface area contributed by atoms with Gasteiger partial charge in [0.2, 0.25) is 15.9 Å². The molecule has 1 saturated heterocycles. The van der Waals surface area contributed by atoms with Crippen LogP contribution in [0, 0.1) is 20.8 Å². The molecule has 1 aromatic carbocycles. The van der Waals surface area contributed by atoms with Crippen LogP contribution in [-0.2, 0) is 14.8 Å². The molecular formula is C19H23N3O4S. The van der Waals surface area contributed by atoms with Crippen molar-refractivity contribution in [1.29, 1.82) is 0 Å². The van der Waals surface area contributed by atoms with E-state index in [1.165, 1.54) is 10.4 Å². The lowest BCUT2D eigenvalue weighted by molar-refractivity contribution is -0.127. The predicted molar refractivity (Wildman–Crippen MR) is 102 cm³/mol. The molecule has 1 aliphatic rings. The number of nitrogens with zero attached hydrogens (tertiary/aromatic N) is 3. The molecule has 144 valence electrons. The highest BCUT2D eigenvalue weighted by Gasteiger charge is 2.33. The van der Waals surface area contributed by atoms with E-state index in [1.807, 2.05) is 31.2 Å². The molecule has 7 nitrogen and oxygen atoms in total. The zero-order chi connectivity index (χ0) is 19.6. The first-order chi connectivity index (χ1) is 12.8. The maximum absolute atomic E-state index is 12.8. The number of piperazine rings is 1. The first kappa shape index (κ1) is 19.3. The molecule has 1 fully saturated rings. The molecule has 0 bridgehead atoms. The van der Waals surface area contributed by atoms with Crippen molar-refractivity contribution in [2.75, 3.05) is 26.2 Å². The molecule has 0 saturated carbocycles. The van der Waals surface area contributed by atoms with E-state index < -0.39 is 10.0 Å². The van der Waals surface area contributed by atoms with Crippen LogP contribution in [0.3, 0.4) is 0 Å². The van der Waals surface area contributed by atoms with Crippen molar-refractivity contribution < 1.29 is 17.7 Å². The molecular weight excluding hydrogens is 366 g/mol. The van der Waals surface area contributed by atoms with Gasteiger partial charge in [-0.3, -0.25) is 4.79 Å². The third-order valence-electron chi connectivity index (χ3n) is 4.61. The van der Waals surface area contributed by atoms with Gasteiger partial charge >= 0.3 is 0 Å². The maximum atomic E-state index is 12.8. The minimum absolute atomic E-state index is 0.120. The Morgan fingerprint density at radius 1 is 1.07 bits per heavy atom. The van der Waals surface area contributed by atoms with Crippen LogP contribution in [0.4, 0.5) is 0 Å². The van der Waals surface area contributed by atoms with E-state index in [4.69, 9.17) is 4.52 Å². The summed E-state index contributed by atoms with van der Waals surface area (Å²) < 4.78 is 32.0. The van der Waals surface area contributed by atoms with Gasteiger partial charge in [-0.1, -0.05) is 35.0 Å². The number of hydrogen-bond donors (Lipinski definition) is 0. The fourth-order valence-electron chi connectivity index (χ4n) is 3.07. The summed E-state index contributed by atoms with van der Waals surface area (Å²) in [5, 5.41) is 3.72. The van der Waals surface area contributed by atoms with Gasteiger partial charge in [-0.15, -0.1) is 0 Å². The van der Waals surface area contributed by atoms with Gasteiger partial charge in [0.05, 0.1) is 0 Å². The van der Waals surface area contributed by atoms with Crippen molar-refractivity contribution in [2.45, 2.75) is 25.7 Å². The topological polar surface area (TPSA) is 83.7 Å². The minimum atomic E-state index is -3.67. The van der Waals surface area contributed by atoms with Gasteiger partial charge in [-0.2, -0.15) is 4.31 Å². The highest BCUT2D eigenvalue weighted by atomic mass is 32.2. The SMILES string of the molecule is Cc1ccc(/C=C/C(=O)N2CCN(S(=O)(=O)c3c(C)noc3C)CC2)cc1. The van der Waals surface area contributed by atoms with Gasteiger partial charge < -0.3 is 9.42 Å². The number of amides is 1. The van der Waals surface area contributed by atoms with E-state index >= 15 is 0 Å². The van der Waals surface area contributed by atoms with Crippen molar-refractivity contribution >= 4 is 22.0 Å². The van der Waals surface area contributed by atoms with E-state index in [2.05, 4.69) is 5.16 Å². The van der Waals surface area contributed by atoms with Crippen molar-refractivity contribution in [3.63, 3.8) is 0 Å². The summed E-state index contributed by atoms with van der Waals surface area (Å²) >= 11 is 0. The molecule has 0 N–H and O–H groups in total. The quantitative estimate of drug-likeness (QED) is 0.748. The first-order valence-corrected chi connectivity index (χ1v) is 10.2. The van der Waals surface area contributed by atoms with Gasteiger partial charge in [0.15, 0.2) is 5.76 Å². The van der Waals surface area contributed by atoms with Crippen molar-refractivity contribution in [3.8, 4) is 0 Å². The van der Waals surface area contributed by atoms with Gasteiger partial charge in [0.25, 0.3) is 0 Å². The molecule has 1 amide bonds. The van der Waals surface area contributed by atoms with Crippen molar-refractivity contribution in [2.24, 2.45) is 0 Å². The zero-order valence-corrected chi connectivity index (χ0v) is 16.5. The zero-order valence-electron chi connectivity index (χ0n) is 15.7. The van der Waals surface area contributed by atoms with Gasteiger partial charge in [0, 0.05) is 32.3 Å². The maximum Gasteiger partial charge on any atom is 0.248 e. The molecule has 0 unspecified atom stereocenters. The molecule has 2 heterocycles. The van der Waals surface area contributed by atoms with Crippen molar-refractivity contribution in [1.82, 2.24) is 14.4 Å². The molecule has 0 aliphatic carbocycles. The summed E-state index contributed by atoms with van der Waals surface area (Å²) in [7, 11) is -3.67. The lowest BCUT2D eigenvalue weighted by Gasteiger charge is -2.33. The van der Waals surface area contributed by atoms with Crippen LogP contribution in [0.15, 0.2) is 39.8 Å². The second kappa shape index (κ2) is 7.66. The molecule has 0 atom stereocenters. The lowest BCUT2D eigenvalue weighted by Crippen LogP contribution is -2.50. The second-order valence-electron chi connectivity index (χ2n) is 6.63. The third-order valence-corrected chi connectivity index (χ3v) is 6.76. The molecule has 8 heteroatoms. The van der Waals surface area contributed by atoms with Crippen LogP contribution in [0.5, 0.6) is 0 Å². The van der Waals surface area contributed by atoms with Crippen molar-refractivity contribution in [3.05, 3.63) is 52.9 Å². The normalized spacial score (nSPS) is 16.2. The average molecular weight is 389 g/mol. The number of benzene rings is 1. The Morgan fingerprint density at radius 3 is 2.26 bits per heavy atom. The van der Waals surface area contributed by atoms with E-state index in [9.17, 15) is 13.2 Å². The monoisotopic (exact) mass is 389 g/mol. The van der Waals surface area contributed by atoms with E-state index in [1.54, 1.807) is 24.8 Å². The number of carbonyl (C=O) groups is 1. The Labute approximate surface area is 159 Å². The number of sulfonamides is 1.